The van der Waals surface area contributed by atoms with Crippen LogP contribution in [0.2, 0.25) is 0 Å². The topological polar surface area (TPSA) is 125 Å². The van der Waals surface area contributed by atoms with E-state index >= 15 is 0 Å². The SMILES string of the molecule is CCC(C)CNC(=O)Nc1cccc(-c2ccc(C[C@H](NS(=O)(=O)c3c(C)cc(C)cc3C)C(=O)O)cc2)c1. The van der Waals surface area contributed by atoms with E-state index in [0.29, 0.717) is 34.8 Å². The van der Waals surface area contributed by atoms with Gasteiger partial charge in [-0.3, -0.25) is 4.79 Å². The van der Waals surface area contributed by atoms with Gasteiger partial charge >= 0.3 is 12.0 Å². The average molecular weight is 552 g/mol. The summed E-state index contributed by atoms with van der Waals surface area (Å²) < 4.78 is 28.6. The molecule has 0 fully saturated rings. The molecule has 4 N–H and O–H groups in total. The van der Waals surface area contributed by atoms with Crippen LogP contribution in [0.5, 0.6) is 0 Å². The van der Waals surface area contributed by atoms with Crippen molar-refractivity contribution in [2.75, 3.05) is 11.9 Å². The fourth-order valence-corrected chi connectivity index (χ4v) is 6.09. The maximum absolute atomic E-state index is 13.1. The number of carbonyl (C=O) groups is 2. The van der Waals surface area contributed by atoms with Crippen molar-refractivity contribution >= 4 is 27.7 Å². The van der Waals surface area contributed by atoms with Crippen LogP contribution in [-0.4, -0.2) is 38.1 Å². The molecule has 3 aromatic rings. The van der Waals surface area contributed by atoms with Crippen molar-refractivity contribution in [2.24, 2.45) is 5.92 Å². The number of benzene rings is 3. The first-order chi connectivity index (χ1) is 18.4. The molecule has 0 aliphatic heterocycles. The van der Waals surface area contributed by atoms with Crippen molar-refractivity contribution in [2.45, 2.75) is 58.4 Å². The Morgan fingerprint density at radius 2 is 1.56 bits per heavy atom. The van der Waals surface area contributed by atoms with Gasteiger partial charge in [-0.2, -0.15) is 4.72 Å². The number of carboxylic acids is 1. The van der Waals surface area contributed by atoms with E-state index < -0.39 is 22.0 Å². The number of carboxylic acid groups (broad SMARTS) is 1. The van der Waals surface area contributed by atoms with E-state index in [0.717, 1.165) is 23.1 Å². The highest BCUT2D eigenvalue weighted by Gasteiger charge is 2.28. The Balaban J connectivity index is 1.72. The molecule has 2 atom stereocenters. The molecule has 3 rings (SSSR count). The first-order valence-corrected chi connectivity index (χ1v) is 14.4. The van der Waals surface area contributed by atoms with Crippen molar-refractivity contribution in [1.29, 1.82) is 0 Å². The molecule has 208 valence electrons. The summed E-state index contributed by atoms with van der Waals surface area (Å²) in [6, 6.07) is 16.6. The first kappa shape index (κ1) is 29.9. The van der Waals surface area contributed by atoms with Crippen LogP contribution in [0.1, 0.15) is 42.5 Å². The largest absolute Gasteiger partial charge is 0.480 e. The van der Waals surface area contributed by atoms with E-state index in [4.69, 9.17) is 0 Å². The number of aliphatic carboxylic acids is 1. The molecule has 2 amide bonds. The van der Waals surface area contributed by atoms with E-state index in [1.165, 1.54) is 0 Å². The molecule has 39 heavy (non-hydrogen) atoms. The summed E-state index contributed by atoms with van der Waals surface area (Å²) in [4.78, 5) is 24.3. The Morgan fingerprint density at radius 1 is 0.923 bits per heavy atom. The van der Waals surface area contributed by atoms with Crippen molar-refractivity contribution in [3.05, 3.63) is 82.9 Å². The minimum Gasteiger partial charge on any atom is -0.480 e. The summed E-state index contributed by atoms with van der Waals surface area (Å²) >= 11 is 0. The molecule has 0 heterocycles. The van der Waals surface area contributed by atoms with Gasteiger partial charge in [0.15, 0.2) is 0 Å². The van der Waals surface area contributed by atoms with Crippen LogP contribution < -0.4 is 15.4 Å². The fraction of sp³-hybridized carbons (Fsp3) is 0.333. The molecule has 0 saturated heterocycles. The van der Waals surface area contributed by atoms with Gasteiger partial charge in [0.25, 0.3) is 0 Å². The van der Waals surface area contributed by atoms with Crippen LogP contribution in [0.25, 0.3) is 11.1 Å². The van der Waals surface area contributed by atoms with Gasteiger partial charge in [-0.25, -0.2) is 13.2 Å². The van der Waals surface area contributed by atoms with Gasteiger partial charge < -0.3 is 15.7 Å². The molecule has 0 aliphatic carbocycles. The molecule has 0 spiro atoms. The minimum absolute atomic E-state index is 0.0171. The summed E-state index contributed by atoms with van der Waals surface area (Å²) in [6.07, 6.45) is 0.966. The van der Waals surface area contributed by atoms with Crippen molar-refractivity contribution in [1.82, 2.24) is 10.0 Å². The Labute approximate surface area is 230 Å². The van der Waals surface area contributed by atoms with Gasteiger partial charge in [0, 0.05) is 12.2 Å². The molecule has 9 heteroatoms. The summed E-state index contributed by atoms with van der Waals surface area (Å²) in [5, 5.41) is 15.5. The highest BCUT2D eigenvalue weighted by atomic mass is 32.2. The van der Waals surface area contributed by atoms with Crippen LogP contribution in [0.15, 0.2) is 65.6 Å². The maximum atomic E-state index is 13.1. The van der Waals surface area contributed by atoms with Gasteiger partial charge in [0.05, 0.1) is 4.90 Å². The van der Waals surface area contributed by atoms with E-state index in [1.54, 1.807) is 38.1 Å². The number of carbonyl (C=O) groups excluding carboxylic acids is 1. The lowest BCUT2D eigenvalue weighted by Gasteiger charge is -2.18. The number of amides is 2. The van der Waals surface area contributed by atoms with E-state index in [1.807, 2.05) is 43.3 Å². The van der Waals surface area contributed by atoms with Gasteiger partial charge in [-0.1, -0.05) is 74.4 Å². The molecule has 0 aromatic heterocycles. The second kappa shape index (κ2) is 12.9. The number of rotatable bonds is 11. The summed E-state index contributed by atoms with van der Waals surface area (Å²) in [7, 11) is -4.05. The Bertz CT molecular complexity index is 1410. The predicted octanol–water partition coefficient (Wildman–Crippen LogP) is 5.42. The molecular formula is C30H37N3O5S. The fourth-order valence-electron chi connectivity index (χ4n) is 4.45. The molecule has 0 saturated carbocycles. The molecular weight excluding hydrogens is 514 g/mol. The van der Waals surface area contributed by atoms with Gasteiger partial charge in [-0.05, 0) is 73.1 Å². The average Bonchev–Trinajstić information content (AvgIpc) is 2.86. The molecule has 3 aromatic carbocycles. The Kier molecular flexibility index (Phi) is 9.88. The number of hydrogen-bond acceptors (Lipinski definition) is 4. The molecule has 8 nitrogen and oxygen atoms in total. The second-order valence-corrected chi connectivity index (χ2v) is 11.7. The zero-order valence-electron chi connectivity index (χ0n) is 23.0. The summed E-state index contributed by atoms with van der Waals surface area (Å²) in [5.74, 6) is -0.858. The van der Waals surface area contributed by atoms with Crippen molar-refractivity contribution in [3.8, 4) is 11.1 Å². The lowest BCUT2D eigenvalue weighted by Crippen LogP contribution is -2.42. The highest BCUT2D eigenvalue weighted by molar-refractivity contribution is 7.89. The zero-order valence-corrected chi connectivity index (χ0v) is 23.9. The number of anilines is 1. The Morgan fingerprint density at radius 3 is 2.15 bits per heavy atom. The third kappa shape index (κ3) is 8.15. The number of nitrogens with one attached hydrogen (secondary N) is 3. The molecule has 1 unspecified atom stereocenters. The number of aryl methyl sites for hydroxylation is 3. The van der Waals surface area contributed by atoms with Gasteiger partial charge in [0.2, 0.25) is 10.0 Å². The monoisotopic (exact) mass is 551 g/mol. The molecule has 0 bridgehead atoms. The standard InChI is InChI=1S/C30H37N3O5S/c1-6-19(2)18-31-30(36)32-26-9-7-8-25(17-26)24-12-10-23(11-13-24)16-27(29(34)35)33-39(37,38)28-21(4)14-20(3)15-22(28)5/h7-15,17,19,27,33H,6,16,18H2,1-5H3,(H,34,35)(H2,31,32,36)/t19?,27-/m0/s1. The minimum atomic E-state index is -4.05. The maximum Gasteiger partial charge on any atom is 0.322 e. The Hall–Kier alpha value is -3.69. The van der Waals surface area contributed by atoms with Crippen molar-refractivity contribution < 1.29 is 23.1 Å². The van der Waals surface area contributed by atoms with Crippen LogP contribution in [0.4, 0.5) is 10.5 Å². The highest BCUT2D eigenvalue weighted by Crippen LogP contribution is 2.25. The van der Waals surface area contributed by atoms with Crippen LogP contribution in [0.3, 0.4) is 0 Å². The normalized spacial score (nSPS) is 12.9. The lowest BCUT2D eigenvalue weighted by atomic mass is 10.0. The lowest BCUT2D eigenvalue weighted by molar-refractivity contribution is -0.138. The van der Waals surface area contributed by atoms with Crippen LogP contribution in [0, 0.1) is 26.7 Å². The van der Waals surface area contributed by atoms with Crippen molar-refractivity contribution in [3.63, 3.8) is 0 Å². The van der Waals surface area contributed by atoms with Crippen LogP contribution in [-0.2, 0) is 21.2 Å². The first-order valence-electron chi connectivity index (χ1n) is 13.0. The second-order valence-electron chi connectivity index (χ2n) is 10.1. The third-order valence-corrected chi connectivity index (χ3v) is 8.40. The quantitative estimate of drug-likeness (QED) is 0.253. The summed E-state index contributed by atoms with van der Waals surface area (Å²) in [6.45, 7) is 10.0. The van der Waals surface area contributed by atoms with Gasteiger partial charge in [-0.15, -0.1) is 0 Å². The number of urea groups is 1. The molecule has 0 radical (unpaired) electrons. The van der Waals surface area contributed by atoms with E-state index in [2.05, 4.69) is 29.2 Å². The number of sulfonamides is 1. The van der Waals surface area contributed by atoms with E-state index in [9.17, 15) is 23.1 Å². The predicted molar refractivity (Wildman–Crippen MR) is 154 cm³/mol. The zero-order chi connectivity index (χ0) is 28.7. The molecule has 0 aliphatic rings. The van der Waals surface area contributed by atoms with Gasteiger partial charge in [0.1, 0.15) is 6.04 Å². The van der Waals surface area contributed by atoms with Crippen LogP contribution >= 0.6 is 0 Å². The van der Waals surface area contributed by atoms with E-state index in [-0.39, 0.29) is 17.3 Å². The smallest absolute Gasteiger partial charge is 0.322 e. The summed E-state index contributed by atoms with van der Waals surface area (Å²) in [5.41, 5.74) is 5.15. The number of hydrogen-bond donors (Lipinski definition) is 4. The third-order valence-electron chi connectivity index (χ3n) is 6.62.